The fourth-order valence-corrected chi connectivity index (χ4v) is 9.20. The number of amides is 1. The van der Waals surface area contributed by atoms with Crippen LogP contribution >= 0.6 is 0 Å². The molecular weight excluding hydrogens is 510 g/mol. The van der Waals surface area contributed by atoms with Gasteiger partial charge in [0.2, 0.25) is 0 Å². The van der Waals surface area contributed by atoms with E-state index in [1.807, 2.05) is 6.07 Å². The third-order valence-electron chi connectivity index (χ3n) is 11.3. The van der Waals surface area contributed by atoms with Crippen molar-refractivity contribution < 1.29 is 28.6 Å². The van der Waals surface area contributed by atoms with Gasteiger partial charge in [0.05, 0.1) is 11.9 Å². The van der Waals surface area contributed by atoms with E-state index in [9.17, 15) is 19.5 Å². The molecule has 4 saturated carbocycles. The second kappa shape index (κ2) is 10.2. The minimum absolute atomic E-state index is 0.0981. The lowest BCUT2D eigenvalue weighted by Crippen LogP contribution is -2.62. The van der Waals surface area contributed by atoms with E-state index in [0.717, 1.165) is 63.4 Å². The number of alkyl carbamates (subject to hydrolysis) is 1. The SMILES string of the molecule is C[C@H](NC(=O)OC(C)(C)C)C(=O)O[C@H]1CC[C@@]2(C)[C@H](CC[C@@H]3[C@@H]2CC[C@]2(C)[C@@H](c4ccc(=O)oc4)CC[C@]32O)C1. The molecular formula is C32H47NO7. The van der Waals surface area contributed by atoms with Crippen molar-refractivity contribution in [3.8, 4) is 0 Å². The van der Waals surface area contributed by atoms with E-state index in [0.29, 0.717) is 11.8 Å². The summed E-state index contributed by atoms with van der Waals surface area (Å²) >= 11 is 0. The highest BCUT2D eigenvalue weighted by molar-refractivity contribution is 5.81. The molecule has 0 aromatic carbocycles. The summed E-state index contributed by atoms with van der Waals surface area (Å²) in [5, 5.41) is 15.0. The van der Waals surface area contributed by atoms with Crippen LogP contribution in [-0.2, 0) is 14.3 Å². The Balaban J connectivity index is 1.24. The second-order valence-electron chi connectivity index (χ2n) is 14.6. The van der Waals surface area contributed by atoms with E-state index in [1.54, 1.807) is 34.0 Å². The summed E-state index contributed by atoms with van der Waals surface area (Å²) in [7, 11) is 0. The van der Waals surface area contributed by atoms with Gasteiger partial charge in [-0.05, 0) is 126 Å². The first-order valence-electron chi connectivity index (χ1n) is 15.2. The molecule has 2 N–H and O–H groups in total. The molecule has 4 aliphatic carbocycles. The lowest BCUT2D eigenvalue weighted by atomic mass is 9.43. The number of hydrogen-bond acceptors (Lipinski definition) is 7. The van der Waals surface area contributed by atoms with Crippen LogP contribution in [-0.4, -0.2) is 40.5 Å². The van der Waals surface area contributed by atoms with Gasteiger partial charge in [0.25, 0.3) is 0 Å². The third-order valence-corrected chi connectivity index (χ3v) is 11.3. The Morgan fingerprint density at radius 1 is 1.05 bits per heavy atom. The standard InChI is InChI=1S/C32H47NO7/c1-19(33-28(36)40-29(2,3)4)27(35)39-22-11-14-30(5)21(17-22)8-9-25-24(30)12-15-31(6)23(13-16-32(25,31)37)20-7-10-26(34)38-18-20/h7,10,18-19,21-25,37H,8-9,11-17H2,1-6H3,(H,33,36)/t19-,21+,22-,23+,24-,25+,30-,31+,32-/m0/s1. The third kappa shape index (κ3) is 4.99. The van der Waals surface area contributed by atoms with Crippen LogP contribution in [0, 0.1) is 28.6 Å². The Kier molecular flexibility index (Phi) is 7.42. The number of esters is 1. The van der Waals surface area contributed by atoms with Crippen molar-refractivity contribution >= 4 is 12.1 Å². The molecule has 0 aliphatic heterocycles. The fourth-order valence-electron chi connectivity index (χ4n) is 9.20. The molecule has 0 spiro atoms. The largest absolute Gasteiger partial charge is 0.461 e. The average molecular weight is 558 g/mol. The summed E-state index contributed by atoms with van der Waals surface area (Å²) in [4.78, 5) is 36.4. The van der Waals surface area contributed by atoms with Crippen LogP contribution in [0.25, 0.3) is 0 Å². The molecule has 1 aromatic heterocycles. The summed E-state index contributed by atoms with van der Waals surface area (Å²) in [6.45, 7) is 11.6. The Hall–Kier alpha value is -2.35. The Morgan fingerprint density at radius 3 is 2.48 bits per heavy atom. The predicted molar refractivity (Wildman–Crippen MR) is 150 cm³/mol. The average Bonchev–Trinajstić information content (AvgIpc) is 3.14. The molecule has 1 heterocycles. The quantitative estimate of drug-likeness (QED) is 0.456. The van der Waals surface area contributed by atoms with E-state index in [2.05, 4.69) is 19.2 Å². The topological polar surface area (TPSA) is 115 Å². The van der Waals surface area contributed by atoms with Crippen molar-refractivity contribution in [2.45, 2.75) is 129 Å². The number of aliphatic hydroxyl groups is 1. The van der Waals surface area contributed by atoms with Gasteiger partial charge in [-0.15, -0.1) is 0 Å². The van der Waals surface area contributed by atoms with Crippen LogP contribution in [0.15, 0.2) is 27.6 Å². The fraction of sp³-hybridized carbons (Fsp3) is 0.781. The number of rotatable bonds is 4. The van der Waals surface area contributed by atoms with Gasteiger partial charge in [0, 0.05) is 11.5 Å². The van der Waals surface area contributed by atoms with Gasteiger partial charge in [0.15, 0.2) is 0 Å². The van der Waals surface area contributed by atoms with Gasteiger partial charge in [-0.1, -0.05) is 13.8 Å². The number of carbonyl (C=O) groups excluding carboxylic acids is 2. The maximum Gasteiger partial charge on any atom is 0.408 e. The van der Waals surface area contributed by atoms with E-state index in [4.69, 9.17) is 13.9 Å². The van der Waals surface area contributed by atoms with E-state index >= 15 is 0 Å². The first-order chi connectivity index (χ1) is 18.7. The molecule has 1 amide bonds. The van der Waals surface area contributed by atoms with Gasteiger partial charge < -0.3 is 24.3 Å². The zero-order chi connectivity index (χ0) is 29.1. The minimum atomic E-state index is -0.780. The first kappa shape index (κ1) is 29.2. The second-order valence-corrected chi connectivity index (χ2v) is 14.6. The van der Waals surface area contributed by atoms with Crippen LogP contribution in [0.2, 0.25) is 0 Å². The van der Waals surface area contributed by atoms with Crippen molar-refractivity contribution in [2.24, 2.45) is 28.6 Å². The van der Waals surface area contributed by atoms with E-state index in [-0.39, 0.29) is 34.4 Å². The summed E-state index contributed by atoms with van der Waals surface area (Å²) in [6, 6.07) is 2.59. The van der Waals surface area contributed by atoms with Gasteiger partial charge >= 0.3 is 17.7 Å². The molecule has 0 radical (unpaired) electrons. The first-order valence-corrected chi connectivity index (χ1v) is 15.2. The Bertz CT molecular complexity index is 1170. The smallest absolute Gasteiger partial charge is 0.408 e. The molecule has 8 heteroatoms. The van der Waals surface area contributed by atoms with Gasteiger partial charge in [-0.25, -0.2) is 14.4 Å². The van der Waals surface area contributed by atoms with Crippen LogP contribution in [0.4, 0.5) is 4.79 Å². The minimum Gasteiger partial charge on any atom is -0.461 e. The highest BCUT2D eigenvalue weighted by Crippen LogP contribution is 2.70. The van der Waals surface area contributed by atoms with Crippen LogP contribution < -0.4 is 10.9 Å². The van der Waals surface area contributed by atoms with Crippen molar-refractivity contribution in [3.05, 3.63) is 34.4 Å². The van der Waals surface area contributed by atoms with Crippen LogP contribution in [0.1, 0.15) is 111 Å². The van der Waals surface area contributed by atoms with Crippen LogP contribution in [0.5, 0.6) is 0 Å². The van der Waals surface area contributed by atoms with E-state index in [1.165, 1.54) is 6.07 Å². The number of nitrogens with one attached hydrogen (secondary N) is 1. The predicted octanol–water partition coefficient (Wildman–Crippen LogP) is 5.71. The van der Waals surface area contributed by atoms with Crippen molar-refractivity contribution in [3.63, 3.8) is 0 Å². The summed E-state index contributed by atoms with van der Waals surface area (Å²) < 4.78 is 16.4. The Labute approximate surface area is 237 Å². The van der Waals surface area contributed by atoms with Crippen molar-refractivity contribution in [1.29, 1.82) is 0 Å². The summed E-state index contributed by atoms with van der Waals surface area (Å²) in [6.07, 6.45) is 9.08. The summed E-state index contributed by atoms with van der Waals surface area (Å²) in [5.74, 6) is 0.860. The van der Waals surface area contributed by atoms with Gasteiger partial charge in [-0.2, -0.15) is 0 Å². The zero-order valence-corrected chi connectivity index (χ0v) is 25.0. The van der Waals surface area contributed by atoms with Gasteiger partial charge in [-0.3, -0.25) is 0 Å². The molecule has 8 nitrogen and oxygen atoms in total. The van der Waals surface area contributed by atoms with Crippen molar-refractivity contribution in [1.82, 2.24) is 5.32 Å². The maximum atomic E-state index is 12.8. The number of ether oxygens (including phenoxy) is 2. The normalized spacial score (nSPS) is 39.7. The monoisotopic (exact) mass is 557 g/mol. The molecule has 222 valence electrons. The maximum absolute atomic E-state index is 12.8. The number of hydrogen-bond donors (Lipinski definition) is 2. The van der Waals surface area contributed by atoms with E-state index < -0.39 is 29.3 Å². The lowest BCUT2D eigenvalue weighted by molar-refractivity contribution is -0.207. The van der Waals surface area contributed by atoms with Crippen molar-refractivity contribution in [2.75, 3.05) is 0 Å². The molecule has 0 bridgehead atoms. The molecule has 1 aromatic rings. The highest BCUT2D eigenvalue weighted by atomic mass is 16.6. The zero-order valence-electron chi connectivity index (χ0n) is 25.0. The highest BCUT2D eigenvalue weighted by Gasteiger charge is 2.67. The lowest BCUT2D eigenvalue weighted by Gasteiger charge is -2.63. The summed E-state index contributed by atoms with van der Waals surface area (Å²) in [5.41, 5.74) is -0.845. The number of carbonyl (C=O) groups is 2. The molecule has 0 unspecified atom stereocenters. The molecule has 4 fully saturated rings. The molecule has 9 atom stereocenters. The molecule has 0 saturated heterocycles. The molecule has 40 heavy (non-hydrogen) atoms. The Morgan fingerprint density at radius 2 is 1.80 bits per heavy atom. The van der Waals surface area contributed by atoms with Crippen LogP contribution in [0.3, 0.4) is 0 Å². The molecule has 4 aliphatic rings. The molecule has 5 rings (SSSR count). The number of fused-ring (bicyclic) bond motifs is 5. The van der Waals surface area contributed by atoms with Gasteiger partial charge in [0.1, 0.15) is 17.7 Å².